The molecule has 0 radical (unpaired) electrons. The molecule has 0 spiro atoms. The second kappa shape index (κ2) is 6.58. The van der Waals surface area contributed by atoms with Gasteiger partial charge in [-0.25, -0.2) is 0 Å². The van der Waals surface area contributed by atoms with Gasteiger partial charge in [0.15, 0.2) is 0 Å². The standard InChI is InChI=1S/C17H18OS/c18-13-17(14-19,11-15-7-3-1-4-8-15)12-16-9-5-2-6-10-16/h1-10,13,19H,11-12,14H2. The van der Waals surface area contributed by atoms with Gasteiger partial charge in [-0.2, -0.15) is 12.6 Å². The summed E-state index contributed by atoms with van der Waals surface area (Å²) < 4.78 is 0. The van der Waals surface area contributed by atoms with Crippen molar-refractivity contribution in [3.63, 3.8) is 0 Å². The molecule has 0 fully saturated rings. The van der Waals surface area contributed by atoms with Crippen molar-refractivity contribution in [1.29, 1.82) is 0 Å². The Morgan fingerprint density at radius 3 is 1.58 bits per heavy atom. The first-order chi connectivity index (χ1) is 9.28. The number of carbonyl (C=O) groups is 1. The lowest BCUT2D eigenvalue weighted by Gasteiger charge is -2.26. The Morgan fingerprint density at radius 1 is 0.842 bits per heavy atom. The monoisotopic (exact) mass is 270 g/mol. The van der Waals surface area contributed by atoms with E-state index in [0.29, 0.717) is 5.75 Å². The maximum absolute atomic E-state index is 11.6. The summed E-state index contributed by atoms with van der Waals surface area (Å²) in [6.07, 6.45) is 2.53. The lowest BCUT2D eigenvalue weighted by Crippen LogP contribution is -2.30. The van der Waals surface area contributed by atoms with Gasteiger partial charge < -0.3 is 4.79 Å². The molecule has 0 atom stereocenters. The van der Waals surface area contributed by atoms with Gasteiger partial charge in [-0.3, -0.25) is 0 Å². The molecule has 0 unspecified atom stereocenters. The molecule has 2 rings (SSSR count). The number of benzene rings is 2. The van der Waals surface area contributed by atoms with E-state index < -0.39 is 5.41 Å². The summed E-state index contributed by atoms with van der Waals surface area (Å²) in [6, 6.07) is 20.3. The molecule has 0 aliphatic carbocycles. The van der Waals surface area contributed by atoms with Crippen LogP contribution in [0.3, 0.4) is 0 Å². The number of aldehydes is 1. The van der Waals surface area contributed by atoms with E-state index in [1.165, 1.54) is 11.1 Å². The SMILES string of the molecule is O=CC(CS)(Cc1ccccc1)Cc1ccccc1. The average Bonchev–Trinajstić information content (AvgIpc) is 2.48. The molecule has 98 valence electrons. The van der Waals surface area contributed by atoms with Crippen molar-refractivity contribution in [2.24, 2.45) is 5.41 Å². The molecular weight excluding hydrogens is 252 g/mol. The van der Waals surface area contributed by atoms with Crippen molar-refractivity contribution < 1.29 is 4.79 Å². The number of carbonyl (C=O) groups excluding carboxylic acids is 1. The minimum atomic E-state index is -0.425. The third kappa shape index (κ3) is 3.71. The third-order valence-electron chi connectivity index (χ3n) is 3.36. The summed E-state index contributed by atoms with van der Waals surface area (Å²) >= 11 is 4.41. The smallest absolute Gasteiger partial charge is 0.127 e. The average molecular weight is 270 g/mol. The van der Waals surface area contributed by atoms with Crippen molar-refractivity contribution in [3.8, 4) is 0 Å². The topological polar surface area (TPSA) is 17.1 Å². The molecule has 2 aromatic carbocycles. The lowest BCUT2D eigenvalue weighted by atomic mass is 9.79. The molecule has 0 aliphatic rings. The minimum Gasteiger partial charge on any atom is -0.303 e. The highest BCUT2D eigenvalue weighted by molar-refractivity contribution is 7.80. The van der Waals surface area contributed by atoms with E-state index in [0.717, 1.165) is 19.1 Å². The molecule has 2 heteroatoms. The van der Waals surface area contributed by atoms with Gasteiger partial charge in [0.2, 0.25) is 0 Å². The number of hydrogen-bond acceptors (Lipinski definition) is 2. The van der Waals surface area contributed by atoms with Crippen LogP contribution in [-0.4, -0.2) is 12.0 Å². The molecule has 0 bridgehead atoms. The van der Waals surface area contributed by atoms with Gasteiger partial charge >= 0.3 is 0 Å². The van der Waals surface area contributed by atoms with Gasteiger partial charge in [0.05, 0.1) is 0 Å². The zero-order valence-electron chi connectivity index (χ0n) is 10.8. The van der Waals surface area contributed by atoms with Crippen LogP contribution in [-0.2, 0) is 17.6 Å². The quantitative estimate of drug-likeness (QED) is 0.627. The van der Waals surface area contributed by atoms with Crippen LogP contribution in [0.15, 0.2) is 60.7 Å². The van der Waals surface area contributed by atoms with E-state index in [4.69, 9.17) is 0 Å². The summed E-state index contributed by atoms with van der Waals surface area (Å²) in [5.74, 6) is 0.556. The highest BCUT2D eigenvalue weighted by Gasteiger charge is 2.28. The zero-order valence-corrected chi connectivity index (χ0v) is 11.7. The molecule has 0 heterocycles. The minimum absolute atomic E-state index is 0.425. The van der Waals surface area contributed by atoms with E-state index in [9.17, 15) is 4.79 Å². The van der Waals surface area contributed by atoms with E-state index in [1.54, 1.807) is 0 Å². The van der Waals surface area contributed by atoms with Gasteiger partial charge in [0.1, 0.15) is 6.29 Å². The lowest BCUT2D eigenvalue weighted by molar-refractivity contribution is -0.115. The van der Waals surface area contributed by atoms with Gasteiger partial charge in [0, 0.05) is 11.2 Å². The molecule has 1 nitrogen and oxygen atoms in total. The Hall–Kier alpha value is -1.54. The Morgan fingerprint density at radius 2 is 1.26 bits per heavy atom. The Labute approximate surface area is 120 Å². The van der Waals surface area contributed by atoms with Gasteiger partial charge in [-0.05, 0) is 24.0 Å². The fraction of sp³-hybridized carbons (Fsp3) is 0.235. The fourth-order valence-electron chi connectivity index (χ4n) is 2.30. The van der Waals surface area contributed by atoms with Crippen LogP contribution in [0.25, 0.3) is 0 Å². The predicted molar refractivity (Wildman–Crippen MR) is 82.6 cm³/mol. The normalized spacial score (nSPS) is 11.2. The summed E-state index contributed by atoms with van der Waals surface area (Å²) in [5.41, 5.74) is 1.94. The molecule has 2 aromatic rings. The predicted octanol–water partition coefficient (Wildman–Crippen LogP) is 3.59. The summed E-state index contributed by atoms with van der Waals surface area (Å²) in [5, 5.41) is 0. The van der Waals surface area contributed by atoms with Crippen LogP contribution in [0.5, 0.6) is 0 Å². The first-order valence-corrected chi connectivity index (χ1v) is 7.06. The molecule has 0 saturated carbocycles. The molecule has 0 N–H and O–H groups in total. The molecule has 0 aliphatic heterocycles. The fourth-order valence-corrected chi connectivity index (χ4v) is 2.60. The Kier molecular flexibility index (Phi) is 4.80. The van der Waals surface area contributed by atoms with Gasteiger partial charge in [0.25, 0.3) is 0 Å². The van der Waals surface area contributed by atoms with Gasteiger partial charge in [-0.1, -0.05) is 60.7 Å². The molecule has 0 aromatic heterocycles. The number of rotatable bonds is 6. The largest absolute Gasteiger partial charge is 0.303 e. The molecular formula is C17H18OS. The van der Waals surface area contributed by atoms with Crippen molar-refractivity contribution in [2.75, 3.05) is 5.75 Å². The van der Waals surface area contributed by atoms with Crippen LogP contribution in [0.2, 0.25) is 0 Å². The second-order valence-corrected chi connectivity index (χ2v) is 5.28. The van der Waals surface area contributed by atoms with E-state index in [2.05, 4.69) is 36.9 Å². The van der Waals surface area contributed by atoms with Crippen LogP contribution in [0.1, 0.15) is 11.1 Å². The molecule has 0 saturated heterocycles. The van der Waals surface area contributed by atoms with Crippen molar-refractivity contribution in [1.82, 2.24) is 0 Å². The summed E-state index contributed by atoms with van der Waals surface area (Å²) in [6.45, 7) is 0. The maximum atomic E-state index is 11.6. The van der Waals surface area contributed by atoms with Gasteiger partial charge in [-0.15, -0.1) is 0 Å². The van der Waals surface area contributed by atoms with Crippen LogP contribution in [0.4, 0.5) is 0 Å². The molecule has 0 amide bonds. The maximum Gasteiger partial charge on any atom is 0.127 e. The third-order valence-corrected chi connectivity index (χ3v) is 3.99. The van der Waals surface area contributed by atoms with Crippen molar-refractivity contribution in [2.45, 2.75) is 12.8 Å². The van der Waals surface area contributed by atoms with E-state index in [-0.39, 0.29) is 0 Å². The van der Waals surface area contributed by atoms with Crippen LogP contribution in [0, 0.1) is 5.41 Å². The van der Waals surface area contributed by atoms with E-state index in [1.807, 2.05) is 36.4 Å². The first kappa shape index (κ1) is 13.9. The molecule has 19 heavy (non-hydrogen) atoms. The zero-order chi connectivity index (χ0) is 13.6. The van der Waals surface area contributed by atoms with Crippen molar-refractivity contribution >= 4 is 18.9 Å². The first-order valence-electron chi connectivity index (χ1n) is 6.43. The highest BCUT2D eigenvalue weighted by Crippen LogP contribution is 2.27. The number of hydrogen-bond donors (Lipinski definition) is 1. The summed E-state index contributed by atoms with van der Waals surface area (Å²) in [7, 11) is 0. The van der Waals surface area contributed by atoms with E-state index >= 15 is 0 Å². The number of thiol groups is 1. The van der Waals surface area contributed by atoms with Crippen LogP contribution >= 0.6 is 12.6 Å². The Balaban J connectivity index is 2.20. The Bertz CT molecular complexity index is 466. The summed E-state index contributed by atoms with van der Waals surface area (Å²) in [4.78, 5) is 11.6. The van der Waals surface area contributed by atoms with Crippen molar-refractivity contribution in [3.05, 3.63) is 71.8 Å². The highest BCUT2D eigenvalue weighted by atomic mass is 32.1. The van der Waals surface area contributed by atoms with Crippen LogP contribution < -0.4 is 0 Å². The second-order valence-electron chi connectivity index (χ2n) is 4.96.